The van der Waals surface area contributed by atoms with Gasteiger partial charge in [0.25, 0.3) is 5.91 Å². The van der Waals surface area contributed by atoms with E-state index in [2.05, 4.69) is 5.32 Å². The third-order valence-electron chi connectivity index (χ3n) is 2.50. The van der Waals surface area contributed by atoms with Gasteiger partial charge in [-0.2, -0.15) is 0 Å². The van der Waals surface area contributed by atoms with Crippen molar-refractivity contribution in [1.82, 2.24) is 5.32 Å². The zero-order chi connectivity index (χ0) is 12.8. The first-order chi connectivity index (χ1) is 8.75. The smallest absolute Gasteiger partial charge is 0.257 e. The van der Waals surface area contributed by atoms with E-state index in [4.69, 9.17) is 0 Å². The molecule has 3 heteroatoms. The number of hydrogen-bond donors (Lipinski definition) is 1. The van der Waals surface area contributed by atoms with Crippen molar-refractivity contribution in [3.63, 3.8) is 0 Å². The van der Waals surface area contributed by atoms with Gasteiger partial charge in [0.05, 0.1) is 6.42 Å². The van der Waals surface area contributed by atoms with E-state index in [0.29, 0.717) is 5.56 Å². The van der Waals surface area contributed by atoms with Gasteiger partial charge in [-0.1, -0.05) is 48.5 Å². The third-order valence-corrected chi connectivity index (χ3v) is 2.50. The summed E-state index contributed by atoms with van der Waals surface area (Å²) in [4.78, 5) is 23.4. The fraction of sp³-hybridized carbons (Fsp3) is 0.0667. The molecule has 0 aromatic heterocycles. The molecule has 2 amide bonds. The molecule has 0 aliphatic rings. The fourth-order valence-electron chi connectivity index (χ4n) is 1.61. The van der Waals surface area contributed by atoms with Gasteiger partial charge in [-0.15, -0.1) is 0 Å². The molecule has 0 atom stereocenters. The molecule has 2 rings (SSSR count). The molecule has 90 valence electrons. The Labute approximate surface area is 105 Å². The van der Waals surface area contributed by atoms with Crippen LogP contribution in [0.2, 0.25) is 0 Å². The maximum absolute atomic E-state index is 11.7. The van der Waals surface area contributed by atoms with E-state index in [0.717, 1.165) is 5.56 Å². The van der Waals surface area contributed by atoms with Crippen LogP contribution in [-0.2, 0) is 11.2 Å². The summed E-state index contributed by atoms with van der Waals surface area (Å²) in [5, 5.41) is 2.37. The van der Waals surface area contributed by atoms with Crippen LogP contribution < -0.4 is 5.32 Å². The SMILES string of the molecule is O=C(Cc1ccccc1)NC(=O)c1ccccc1. The van der Waals surface area contributed by atoms with Gasteiger partial charge in [0, 0.05) is 5.56 Å². The van der Waals surface area contributed by atoms with Crippen molar-refractivity contribution < 1.29 is 9.59 Å². The number of benzene rings is 2. The van der Waals surface area contributed by atoms with E-state index in [-0.39, 0.29) is 18.2 Å². The van der Waals surface area contributed by atoms with Gasteiger partial charge in [-0.05, 0) is 17.7 Å². The Morgan fingerprint density at radius 1 is 0.833 bits per heavy atom. The second-order valence-corrected chi connectivity index (χ2v) is 3.91. The van der Waals surface area contributed by atoms with Gasteiger partial charge in [0.2, 0.25) is 5.91 Å². The first-order valence-electron chi connectivity index (χ1n) is 5.69. The molecule has 0 bridgehead atoms. The van der Waals surface area contributed by atoms with Gasteiger partial charge in [-0.3, -0.25) is 14.9 Å². The Hall–Kier alpha value is -2.42. The average molecular weight is 239 g/mol. The molecule has 0 fully saturated rings. The van der Waals surface area contributed by atoms with Crippen LogP contribution in [0.1, 0.15) is 15.9 Å². The highest BCUT2D eigenvalue weighted by Crippen LogP contribution is 2.01. The van der Waals surface area contributed by atoms with Crippen molar-refractivity contribution in [3.8, 4) is 0 Å². The summed E-state index contributed by atoms with van der Waals surface area (Å²) in [6, 6.07) is 18.0. The largest absolute Gasteiger partial charge is 0.292 e. The predicted octanol–water partition coefficient (Wildman–Crippen LogP) is 2.19. The normalized spacial score (nSPS) is 9.78. The molecule has 0 aliphatic carbocycles. The first-order valence-corrected chi connectivity index (χ1v) is 5.69. The molecule has 2 aromatic carbocycles. The molecule has 0 radical (unpaired) electrons. The summed E-state index contributed by atoms with van der Waals surface area (Å²) in [6.45, 7) is 0. The Balaban J connectivity index is 1.94. The van der Waals surface area contributed by atoms with Crippen LogP contribution in [0.5, 0.6) is 0 Å². The Kier molecular flexibility index (Phi) is 3.86. The van der Waals surface area contributed by atoms with Crippen LogP contribution in [0.25, 0.3) is 0 Å². The minimum Gasteiger partial charge on any atom is -0.292 e. The molecular weight excluding hydrogens is 226 g/mol. The number of rotatable bonds is 3. The number of hydrogen-bond acceptors (Lipinski definition) is 2. The number of carbonyl (C=O) groups is 2. The fourth-order valence-corrected chi connectivity index (χ4v) is 1.61. The van der Waals surface area contributed by atoms with Crippen molar-refractivity contribution in [2.24, 2.45) is 0 Å². The standard InChI is InChI=1S/C15H13NO2/c17-14(11-12-7-3-1-4-8-12)16-15(18)13-9-5-2-6-10-13/h1-10H,11H2,(H,16,17,18). The summed E-state index contributed by atoms with van der Waals surface area (Å²) >= 11 is 0. The quantitative estimate of drug-likeness (QED) is 0.892. The summed E-state index contributed by atoms with van der Waals surface area (Å²) < 4.78 is 0. The number of amides is 2. The van der Waals surface area contributed by atoms with Crippen LogP contribution in [-0.4, -0.2) is 11.8 Å². The van der Waals surface area contributed by atoms with Crippen molar-refractivity contribution in [3.05, 3.63) is 71.8 Å². The molecule has 0 heterocycles. The first kappa shape index (κ1) is 12.0. The Bertz CT molecular complexity index is 535. The maximum Gasteiger partial charge on any atom is 0.257 e. The van der Waals surface area contributed by atoms with Crippen molar-refractivity contribution in [2.45, 2.75) is 6.42 Å². The second kappa shape index (κ2) is 5.77. The van der Waals surface area contributed by atoms with Crippen LogP contribution in [0, 0.1) is 0 Å². The van der Waals surface area contributed by atoms with E-state index in [1.807, 2.05) is 36.4 Å². The third kappa shape index (κ3) is 3.28. The summed E-state index contributed by atoms with van der Waals surface area (Å²) in [5.74, 6) is -0.661. The lowest BCUT2D eigenvalue weighted by Crippen LogP contribution is -2.31. The lowest BCUT2D eigenvalue weighted by molar-refractivity contribution is -0.119. The molecule has 18 heavy (non-hydrogen) atoms. The van der Waals surface area contributed by atoms with Crippen LogP contribution >= 0.6 is 0 Å². The van der Waals surface area contributed by atoms with Gasteiger partial charge in [0.15, 0.2) is 0 Å². The molecule has 3 nitrogen and oxygen atoms in total. The molecule has 0 aliphatic heterocycles. The maximum atomic E-state index is 11.7. The lowest BCUT2D eigenvalue weighted by atomic mass is 10.1. The van der Waals surface area contributed by atoms with Gasteiger partial charge >= 0.3 is 0 Å². The van der Waals surface area contributed by atoms with E-state index >= 15 is 0 Å². The lowest BCUT2D eigenvalue weighted by Gasteiger charge is -2.04. The molecule has 0 saturated carbocycles. The van der Waals surface area contributed by atoms with Crippen molar-refractivity contribution >= 4 is 11.8 Å². The van der Waals surface area contributed by atoms with Crippen molar-refractivity contribution in [2.75, 3.05) is 0 Å². The van der Waals surface area contributed by atoms with E-state index in [1.54, 1.807) is 24.3 Å². The summed E-state index contributed by atoms with van der Waals surface area (Å²) in [7, 11) is 0. The highest BCUT2D eigenvalue weighted by Gasteiger charge is 2.09. The number of imide groups is 1. The second-order valence-electron chi connectivity index (χ2n) is 3.91. The number of carbonyl (C=O) groups excluding carboxylic acids is 2. The zero-order valence-corrected chi connectivity index (χ0v) is 9.80. The van der Waals surface area contributed by atoms with Gasteiger partial charge in [-0.25, -0.2) is 0 Å². The zero-order valence-electron chi connectivity index (χ0n) is 9.80. The average Bonchev–Trinajstić information content (AvgIpc) is 2.40. The highest BCUT2D eigenvalue weighted by atomic mass is 16.2. The molecule has 0 saturated heterocycles. The van der Waals surface area contributed by atoms with E-state index in [1.165, 1.54) is 0 Å². The highest BCUT2D eigenvalue weighted by molar-refractivity contribution is 6.05. The summed E-state index contributed by atoms with van der Waals surface area (Å²) in [6.07, 6.45) is 0.208. The minimum absolute atomic E-state index is 0.208. The van der Waals surface area contributed by atoms with Crippen LogP contribution in [0.4, 0.5) is 0 Å². The Morgan fingerprint density at radius 2 is 1.39 bits per heavy atom. The van der Waals surface area contributed by atoms with E-state index in [9.17, 15) is 9.59 Å². The van der Waals surface area contributed by atoms with Crippen LogP contribution in [0.3, 0.4) is 0 Å². The number of nitrogens with one attached hydrogen (secondary N) is 1. The topological polar surface area (TPSA) is 46.2 Å². The molecule has 0 spiro atoms. The molecule has 2 aromatic rings. The predicted molar refractivity (Wildman–Crippen MR) is 69.1 cm³/mol. The molecule has 0 unspecified atom stereocenters. The Morgan fingerprint density at radius 3 is 2.00 bits per heavy atom. The monoisotopic (exact) mass is 239 g/mol. The van der Waals surface area contributed by atoms with Crippen molar-refractivity contribution in [1.29, 1.82) is 0 Å². The van der Waals surface area contributed by atoms with Gasteiger partial charge in [0.1, 0.15) is 0 Å². The van der Waals surface area contributed by atoms with Crippen LogP contribution in [0.15, 0.2) is 60.7 Å². The van der Waals surface area contributed by atoms with Gasteiger partial charge < -0.3 is 0 Å². The van der Waals surface area contributed by atoms with E-state index < -0.39 is 0 Å². The summed E-state index contributed by atoms with van der Waals surface area (Å²) in [5.41, 5.74) is 1.37. The molecular formula is C15H13NO2. The minimum atomic E-state index is -0.364. The molecule has 1 N–H and O–H groups in total.